The van der Waals surface area contributed by atoms with E-state index >= 15 is 0 Å². The van der Waals surface area contributed by atoms with Gasteiger partial charge in [-0.2, -0.15) is 5.10 Å². The summed E-state index contributed by atoms with van der Waals surface area (Å²) in [6.07, 6.45) is 0. The zero-order chi connectivity index (χ0) is 16.3. The molecule has 0 aliphatic rings. The first-order chi connectivity index (χ1) is 10.4. The minimum absolute atomic E-state index is 0.0780. The molecule has 22 heavy (non-hydrogen) atoms. The van der Waals surface area contributed by atoms with Crippen molar-refractivity contribution in [1.29, 1.82) is 0 Å². The molecule has 118 valence electrons. The van der Waals surface area contributed by atoms with Crippen LogP contribution in [-0.2, 0) is 7.05 Å². The summed E-state index contributed by atoms with van der Waals surface area (Å²) >= 11 is 0. The van der Waals surface area contributed by atoms with Crippen LogP contribution >= 0.6 is 0 Å². The van der Waals surface area contributed by atoms with E-state index in [4.69, 9.17) is 4.74 Å². The van der Waals surface area contributed by atoms with Crippen LogP contribution in [0.15, 0.2) is 24.3 Å². The van der Waals surface area contributed by atoms with Crippen LogP contribution < -0.4 is 4.74 Å². The fourth-order valence-corrected chi connectivity index (χ4v) is 2.21. The molecule has 0 aliphatic carbocycles. The molecule has 1 heterocycles. The van der Waals surface area contributed by atoms with Gasteiger partial charge in [-0.25, -0.2) is 4.39 Å². The molecule has 0 radical (unpaired) electrons. The van der Waals surface area contributed by atoms with Gasteiger partial charge < -0.3 is 9.64 Å². The van der Waals surface area contributed by atoms with Crippen molar-refractivity contribution in [3.63, 3.8) is 0 Å². The number of amides is 1. The van der Waals surface area contributed by atoms with Crippen LogP contribution in [0.3, 0.4) is 0 Å². The first-order valence-corrected chi connectivity index (χ1v) is 7.04. The van der Waals surface area contributed by atoms with Crippen molar-refractivity contribution in [2.24, 2.45) is 7.05 Å². The van der Waals surface area contributed by atoms with E-state index in [1.165, 1.54) is 12.1 Å². The number of nitrogens with zero attached hydrogens (tertiary/aromatic N) is 3. The normalized spacial score (nSPS) is 10.6. The number of carbonyl (C=O) groups is 1. The largest absolute Gasteiger partial charge is 0.492 e. The molecule has 2 aromatic rings. The van der Waals surface area contributed by atoms with Crippen LogP contribution in [0.4, 0.5) is 4.39 Å². The lowest BCUT2D eigenvalue weighted by atomic mass is 10.2. The quantitative estimate of drug-likeness (QED) is 0.852. The Labute approximate surface area is 129 Å². The van der Waals surface area contributed by atoms with Gasteiger partial charge in [-0.3, -0.25) is 9.48 Å². The monoisotopic (exact) mass is 305 g/mol. The van der Waals surface area contributed by atoms with E-state index in [0.29, 0.717) is 24.5 Å². The maximum absolute atomic E-state index is 12.8. The number of hydrogen-bond donors (Lipinski definition) is 0. The first-order valence-electron chi connectivity index (χ1n) is 7.04. The molecule has 1 aromatic carbocycles. The number of aromatic nitrogens is 2. The molecule has 0 bridgehead atoms. The summed E-state index contributed by atoms with van der Waals surface area (Å²) in [5, 5.41) is 4.25. The lowest BCUT2D eigenvalue weighted by Gasteiger charge is -2.17. The van der Waals surface area contributed by atoms with Gasteiger partial charge in [-0.05, 0) is 38.1 Å². The molecule has 0 spiro atoms. The van der Waals surface area contributed by atoms with Gasteiger partial charge in [0.1, 0.15) is 18.2 Å². The third kappa shape index (κ3) is 3.44. The van der Waals surface area contributed by atoms with Crippen molar-refractivity contribution in [3.8, 4) is 5.75 Å². The van der Waals surface area contributed by atoms with Gasteiger partial charge in [-0.15, -0.1) is 0 Å². The molecule has 6 heteroatoms. The van der Waals surface area contributed by atoms with E-state index in [2.05, 4.69) is 5.10 Å². The number of carbonyl (C=O) groups excluding carboxylic acids is 1. The van der Waals surface area contributed by atoms with Crippen LogP contribution in [0.5, 0.6) is 5.75 Å². The minimum Gasteiger partial charge on any atom is -0.492 e. The third-order valence-corrected chi connectivity index (χ3v) is 3.58. The average Bonchev–Trinajstić information content (AvgIpc) is 2.73. The Hall–Kier alpha value is -2.37. The van der Waals surface area contributed by atoms with Gasteiger partial charge in [0.15, 0.2) is 0 Å². The van der Waals surface area contributed by atoms with Crippen LogP contribution in [0.1, 0.15) is 21.7 Å². The lowest BCUT2D eigenvalue weighted by Crippen LogP contribution is -2.31. The molecule has 0 unspecified atom stereocenters. The molecule has 1 aromatic heterocycles. The summed E-state index contributed by atoms with van der Waals surface area (Å²) in [7, 11) is 3.54. The van der Waals surface area contributed by atoms with E-state index in [0.717, 1.165) is 11.4 Å². The predicted molar refractivity (Wildman–Crippen MR) is 81.5 cm³/mol. The number of ether oxygens (including phenoxy) is 1. The number of benzene rings is 1. The second-order valence-corrected chi connectivity index (χ2v) is 5.20. The van der Waals surface area contributed by atoms with Crippen molar-refractivity contribution in [2.75, 3.05) is 20.2 Å². The standard InChI is InChI=1S/C16H20FN3O2/c1-11-15(12(2)20(4)18-11)16(21)19(3)9-10-22-14-7-5-13(17)6-8-14/h5-8H,9-10H2,1-4H3. The summed E-state index contributed by atoms with van der Waals surface area (Å²) in [5.74, 6) is 0.198. The Morgan fingerprint density at radius 2 is 1.95 bits per heavy atom. The average molecular weight is 305 g/mol. The van der Waals surface area contributed by atoms with Gasteiger partial charge in [0, 0.05) is 19.8 Å². The molecular weight excluding hydrogens is 285 g/mol. The summed E-state index contributed by atoms with van der Waals surface area (Å²) in [6, 6.07) is 5.80. The van der Waals surface area contributed by atoms with Crippen molar-refractivity contribution < 1.29 is 13.9 Å². The molecule has 5 nitrogen and oxygen atoms in total. The van der Waals surface area contributed by atoms with Crippen molar-refractivity contribution in [2.45, 2.75) is 13.8 Å². The molecule has 0 atom stereocenters. The SMILES string of the molecule is Cc1nn(C)c(C)c1C(=O)N(C)CCOc1ccc(F)cc1. The second-order valence-electron chi connectivity index (χ2n) is 5.20. The molecule has 0 fully saturated rings. The highest BCUT2D eigenvalue weighted by Crippen LogP contribution is 2.14. The number of hydrogen-bond acceptors (Lipinski definition) is 3. The van der Waals surface area contributed by atoms with Crippen LogP contribution in [0, 0.1) is 19.7 Å². The molecule has 0 saturated carbocycles. The number of rotatable bonds is 5. The van der Waals surface area contributed by atoms with E-state index in [9.17, 15) is 9.18 Å². The van der Waals surface area contributed by atoms with E-state index in [1.807, 2.05) is 20.9 Å². The van der Waals surface area contributed by atoms with Gasteiger partial charge in [-0.1, -0.05) is 0 Å². The van der Waals surface area contributed by atoms with Crippen LogP contribution in [0.25, 0.3) is 0 Å². The summed E-state index contributed by atoms with van der Waals surface area (Å²) in [4.78, 5) is 14.1. The van der Waals surface area contributed by atoms with E-state index in [-0.39, 0.29) is 11.7 Å². The highest BCUT2D eigenvalue weighted by molar-refractivity contribution is 5.96. The van der Waals surface area contributed by atoms with Crippen LogP contribution in [-0.4, -0.2) is 40.8 Å². The summed E-state index contributed by atoms with van der Waals surface area (Å²) in [5.41, 5.74) is 2.19. The zero-order valence-electron chi connectivity index (χ0n) is 13.3. The van der Waals surface area contributed by atoms with Gasteiger partial charge in [0.05, 0.1) is 17.8 Å². The number of halogens is 1. The second kappa shape index (κ2) is 6.60. The van der Waals surface area contributed by atoms with Gasteiger partial charge in [0.2, 0.25) is 0 Å². The first kappa shape index (κ1) is 16.0. The third-order valence-electron chi connectivity index (χ3n) is 3.58. The van der Waals surface area contributed by atoms with Crippen LogP contribution in [0.2, 0.25) is 0 Å². The summed E-state index contributed by atoms with van der Waals surface area (Å²) in [6.45, 7) is 4.47. The van der Waals surface area contributed by atoms with Gasteiger partial charge >= 0.3 is 0 Å². The van der Waals surface area contributed by atoms with Crippen molar-refractivity contribution in [1.82, 2.24) is 14.7 Å². The van der Waals surface area contributed by atoms with E-state index in [1.54, 1.807) is 28.8 Å². The maximum atomic E-state index is 12.8. The molecule has 2 rings (SSSR count). The maximum Gasteiger partial charge on any atom is 0.257 e. The fourth-order valence-electron chi connectivity index (χ4n) is 2.21. The Kier molecular flexibility index (Phi) is 4.80. The Morgan fingerprint density at radius 3 is 2.50 bits per heavy atom. The van der Waals surface area contributed by atoms with Crippen molar-refractivity contribution in [3.05, 3.63) is 47.0 Å². The highest BCUT2D eigenvalue weighted by Gasteiger charge is 2.20. The molecule has 0 N–H and O–H groups in total. The lowest BCUT2D eigenvalue weighted by molar-refractivity contribution is 0.0772. The smallest absolute Gasteiger partial charge is 0.257 e. The van der Waals surface area contributed by atoms with E-state index < -0.39 is 0 Å². The molecule has 0 aliphatic heterocycles. The molecular formula is C16H20FN3O2. The zero-order valence-corrected chi connectivity index (χ0v) is 13.3. The number of likely N-dealkylation sites (N-methyl/N-ethyl adjacent to an activating group) is 1. The Balaban J connectivity index is 1.93. The molecule has 0 saturated heterocycles. The summed E-state index contributed by atoms with van der Waals surface area (Å²) < 4.78 is 20.0. The van der Waals surface area contributed by atoms with Gasteiger partial charge in [0.25, 0.3) is 5.91 Å². The topological polar surface area (TPSA) is 47.4 Å². The Bertz CT molecular complexity index is 665. The number of aryl methyl sites for hydroxylation is 2. The Morgan fingerprint density at radius 1 is 1.32 bits per heavy atom. The fraction of sp³-hybridized carbons (Fsp3) is 0.375. The highest BCUT2D eigenvalue weighted by atomic mass is 19.1. The minimum atomic E-state index is -0.304. The predicted octanol–water partition coefficient (Wildman–Crippen LogP) is 2.33. The van der Waals surface area contributed by atoms with Crippen molar-refractivity contribution >= 4 is 5.91 Å². The molecule has 1 amide bonds.